The van der Waals surface area contributed by atoms with Crippen molar-refractivity contribution in [2.45, 2.75) is 6.92 Å². The van der Waals surface area contributed by atoms with E-state index in [4.69, 9.17) is 0 Å². The molecule has 0 spiro atoms. The third-order valence-electron chi connectivity index (χ3n) is 1.40. The van der Waals surface area contributed by atoms with Crippen LogP contribution in [0.5, 0.6) is 0 Å². The number of halogens is 1. The van der Waals surface area contributed by atoms with Gasteiger partial charge in [-0.25, -0.2) is 0 Å². The van der Waals surface area contributed by atoms with Gasteiger partial charge in [0.25, 0.3) is 0 Å². The zero-order chi connectivity index (χ0) is 5.91. The first-order valence-corrected chi connectivity index (χ1v) is 2.64. The van der Waals surface area contributed by atoms with E-state index >= 15 is 0 Å². The summed E-state index contributed by atoms with van der Waals surface area (Å²) in [6, 6.07) is 0. The fourth-order valence-electron chi connectivity index (χ4n) is 0.158. The molecule has 0 saturated carbocycles. The molecule has 0 aromatic heterocycles. The van der Waals surface area contributed by atoms with Gasteiger partial charge in [-0.3, -0.25) is 4.59 Å². The Hall–Kier alpha value is 0.210. The monoisotopic (exact) mass is 138 g/mol. The standard InChI is InChI=1S/C5H15N2.ClH/c1-5-7(3,4)6-2;/h6H,5H2,1-4H3;1H/q+1;/p-1. The van der Waals surface area contributed by atoms with E-state index < -0.39 is 0 Å². The van der Waals surface area contributed by atoms with Crippen LogP contribution >= 0.6 is 0 Å². The molecule has 0 aromatic rings. The maximum Gasteiger partial charge on any atom is 0.0929 e. The van der Waals surface area contributed by atoms with Gasteiger partial charge in [-0.1, -0.05) is 0 Å². The Morgan fingerprint density at radius 3 is 1.75 bits per heavy atom. The van der Waals surface area contributed by atoms with Crippen LogP contribution in [0, 0.1) is 0 Å². The van der Waals surface area contributed by atoms with Crippen LogP contribution in [0.25, 0.3) is 0 Å². The minimum Gasteiger partial charge on any atom is -1.00 e. The minimum absolute atomic E-state index is 0. The van der Waals surface area contributed by atoms with Gasteiger partial charge in [-0.2, -0.15) is 5.43 Å². The van der Waals surface area contributed by atoms with E-state index in [9.17, 15) is 0 Å². The van der Waals surface area contributed by atoms with Crippen molar-refractivity contribution in [3.63, 3.8) is 0 Å². The molecule has 0 amide bonds. The van der Waals surface area contributed by atoms with Gasteiger partial charge in [0.15, 0.2) is 0 Å². The molecular formula is C5H15ClN2. The quantitative estimate of drug-likeness (QED) is 0.322. The zero-order valence-electron chi connectivity index (χ0n) is 6.03. The highest BCUT2D eigenvalue weighted by Crippen LogP contribution is 1.83. The van der Waals surface area contributed by atoms with Crippen molar-refractivity contribution in [1.29, 1.82) is 0 Å². The molecule has 0 radical (unpaired) electrons. The van der Waals surface area contributed by atoms with Gasteiger partial charge in [-0.15, -0.1) is 0 Å². The topological polar surface area (TPSA) is 12.0 Å². The maximum atomic E-state index is 3.13. The van der Waals surface area contributed by atoms with Crippen molar-refractivity contribution < 1.29 is 17.0 Å². The molecule has 1 N–H and O–H groups in total. The zero-order valence-corrected chi connectivity index (χ0v) is 6.79. The van der Waals surface area contributed by atoms with Crippen molar-refractivity contribution in [2.24, 2.45) is 0 Å². The number of nitrogens with zero attached hydrogens (tertiary/aromatic N) is 1. The van der Waals surface area contributed by atoms with Gasteiger partial charge < -0.3 is 12.4 Å². The van der Waals surface area contributed by atoms with E-state index in [0.29, 0.717) is 0 Å². The van der Waals surface area contributed by atoms with Crippen LogP contribution in [0.1, 0.15) is 6.92 Å². The lowest BCUT2D eigenvalue weighted by Crippen LogP contribution is -3.00. The molecule has 52 valence electrons. The third-order valence-corrected chi connectivity index (χ3v) is 1.40. The highest BCUT2D eigenvalue weighted by atomic mass is 35.5. The predicted octanol–water partition coefficient (Wildman–Crippen LogP) is -2.78. The van der Waals surface area contributed by atoms with Gasteiger partial charge in [0.1, 0.15) is 0 Å². The van der Waals surface area contributed by atoms with Crippen molar-refractivity contribution in [2.75, 3.05) is 27.7 Å². The lowest BCUT2D eigenvalue weighted by Gasteiger charge is -2.25. The van der Waals surface area contributed by atoms with E-state index in [-0.39, 0.29) is 12.4 Å². The molecule has 2 nitrogen and oxygen atoms in total. The summed E-state index contributed by atoms with van der Waals surface area (Å²) in [4.78, 5) is 0. The largest absolute Gasteiger partial charge is 1.00 e. The second-order valence-electron chi connectivity index (χ2n) is 2.22. The summed E-state index contributed by atoms with van der Waals surface area (Å²) in [5, 5.41) is 0. The van der Waals surface area contributed by atoms with Crippen LogP contribution in [-0.2, 0) is 0 Å². The van der Waals surface area contributed by atoms with Gasteiger partial charge in [0.05, 0.1) is 20.6 Å². The molecule has 0 aromatic carbocycles. The number of rotatable bonds is 2. The molecule has 0 heterocycles. The van der Waals surface area contributed by atoms with Gasteiger partial charge >= 0.3 is 0 Å². The first-order valence-electron chi connectivity index (χ1n) is 2.64. The summed E-state index contributed by atoms with van der Waals surface area (Å²) in [7, 11) is 6.21. The Morgan fingerprint density at radius 1 is 1.38 bits per heavy atom. The predicted molar refractivity (Wildman–Crippen MR) is 31.7 cm³/mol. The Morgan fingerprint density at radius 2 is 1.75 bits per heavy atom. The Kier molecular flexibility index (Phi) is 5.71. The normalized spacial score (nSPS) is 10.5. The molecular weight excluding hydrogens is 124 g/mol. The van der Waals surface area contributed by atoms with Crippen LogP contribution in [0.3, 0.4) is 0 Å². The fraction of sp³-hybridized carbons (Fsp3) is 1.00. The van der Waals surface area contributed by atoms with Gasteiger partial charge in [-0.05, 0) is 6.92 Å². The van der Waals surface area contributed by atoms with E-state index in [2.05, 4.69) is 26.4 Å². The maximum absolute atomic E-state index is 3.13. The molecule has 0 unspecified atom stereocenters. The van der Waals surface area contributed by atoms with Crippen LogP contribution in [0.4, 0.5) is 0 Å². The fourth-order valence-corrected chi connectivity index (χ4v) is 0.158. The molecule has 0 rings (SSSR count). The van der Waals surface area contributed by atoms with E-state index in [1.54, 1.807) is 0 Å². The summed E-state index contributed by atoms with van der Waals surface area (Å²) < 4.78 is 0.889. The second-order valence-corrected chi connectivity index (χ2v) is 2.22. The Balaban J connectivity index is 0. The Labute approximate surface area is 57.8 Å². The van der Waals surface area contributed by atoms with Crippen molar-refractivity contribution in [3.05, 3.63) is 0 Å². The summed E-state index contributed by atoms with van der Waals surface area (Å²) in [6.45, 7) is 3.27. The molecule has 0 saturated heterocycles. The van der Waals surface area contributed by atoms with Crippen molar-refractivity contribution in [3.8, 4) is 0 Å². The average molecular weight is 139 g/mol. The molecule has 0 fully saturated rings. The lowest BCUT2D eigenvalue weighted by atomic mass is 10.6. The molecule has 0 aliphatic rings. The molecule has 0 atom stereocenters. The Bertz CT molecular complexity index is 48.4. The number of nitrogens with one attached hydrogen (secondary N) is 1. The summed E-state index contributed by atoms with van der Waals surface area (Å²) in [5.41, 5.74) is 3.13. The highest BCUT2D eigenvalue weighted by molar-refractivity contribution is 4.08. The molecule has 8 heavy (non-hydrogen) atoms. The smallest absolute Gasteiger partial charge is 0.0929 e. The second kappa shape index (κ2) is 4.13. The first-order chi connectivity index (χ1) is 3.12. The van der Waals surface area contributed by atoms with Crippen LogP contribution in [0.2, 0.25) is 0 Å². The van der Waals surface area contributed by atoms with Crippen molar-refractivity contribution >= 4 is 0 Å². The number of quaternary nitrogens is 1. The van der Waals surface area contributed by atoms with Gasteiger partial charge in [0.2, 0.25) is 0 Å². The minimum atomic E-state index is 0. The lowest BCUT2D eigenvalue weighted by molar-refractivity contribution is -0.930. The number of hydrogen-bond acceptors (Lipinski definition) is 1. The van der Waals surface area contributed by atoms with Crippen LogP contribution < -0.4 is 17.8 Å². The van der Waals surface area contributed by atoms with Crippen LogP contribution in [-0.4, -0.2) is 32.3 Å². The molecule has 0 bridgehead atoms. The summed E-state index contributed by atoms with van der Waals surface area (Å²) in [5.74, 6) is 0. The van der Waals surface area contributed by atoms with Crippen LogP contribution in [0.15, 0.2) is 0 Å². The number of hydrogen-bond donors (Lipinski definition) is 1. The average Bonchev–Trinajstić information content (AvgIpc) is 1.68. The molecule has 3 heteroatoms. The highest BCUT2D eigenvalue weighted by Gasteiger charge is 2.04. The third kappa shape index (κ3) is 4.37. The summed E-state index contributed by atoms with van der Waals surface area (Å²) >= 11 is 0. The SMILES string of the molecule is CC[N+](C)(C)NC.[Cl-]. The van der Waals surface area contributed by atoms with E-state index in [1.165, 1.54) is 0 Å². The van der Waals surface area contributed by atoms with E-state index in [0.717, 1.165) is 11.1 Å². The van der Waals surface area contributed by atoms with E-state index in [1.807, 2.05) is 7.05 Å². The summed E-state index contributed by atoms with van der Waals surface area (Å²) in [6.07, 6.45) is 0. The van der Waals surface area contributed by atoms with Gasteiger partial charge in [0, 0.05) is 7.05 Å². The molecule has 0 aliphatic heterocycles. The first kappa shape index (κ1) is 11.1. The van der Waals surface area contributed by atoms with Crippen molar-refractivity contribution in [1.82, 2.24) is 5.43 Å². The molecule has 0 aliphatic carbocycles.